The Kier molecular flexibility index (Phi) is 2.97. The zero-order valence-electron chi connectivity index (χ0n) is 6.77. The molecule has 13 heavy (non-hydrogen) atoms. The first-order valence-electron chi connectivity index (χ1n) is 3.75. The number of aliphatic carboxylic acids is 1. The fourth-order valence-corrected chi connectivity index (χ4v) is 1.02. The van der Waals surface area contributed by atoms with Crippen molar-refractivity contribution in [3.63, 3.8) is 0 Å². The van der Waals surface area contributed by atoms with Gasteiger partial charge in [-0.3, -0.25) is 4.79 Å². The fraction of sp³-hybridized carbons (Fsp3) is 0.222. The topological polar surface area (TPSA) is 57.5 Å². The highest BCUT2D eigenvalue weighted by atomic mass is 19.1. The molecule has 1 atom stereocenters. The van der Waals surface area contributed by atoms with Crippen molar-refractivity contribution in [1.82, 2.24) is 0 Å². The minimum atomic E-state index is -1.28. The zero-order valence-corrected chi connectivity index (χ0v) is 6.77. The van der Waals surface area contributed by atoms with Gasteiger partial charge in [-0.1, -0.05) is 18.2 Å². The van der Waals surface area contributed by atoms with Gasteiger partial charge in [-0.15, -0.1) is 0 Å². The molecule has 0 saturated carbocycles. The number of benzene rings is 1. The van der Waals surface area contributed by atoms with Crippen LogP contribution >= 0.6 is 0 Å². The lowest BCUT2D eigenvalue weighted by atomic mass is 10.1. The lowest BCUT2D eigenvalue weighted by molar-refractivity contribution is -0.139. The van der Waals surface area contributed by atoms with Crippen molar-refractivity contribution >= 4 is 5.97 Å². The first kappa shape index (κ1) is 9.67. The Morgan fingerprint density at radius 2 is 2.08 bits per heavy atom. The van der Waals surface area contributed by atoms with Gasteiger partial charge in [0.25, 0.3) is 0 Å². The molecule has 0 spiro atoms. The second kappa shape index (κ2) is 4.00. The van der Waals surface area contributed by atoms with E-state index in [2.05, 4.69) is 0 Å². The number of carbonyl (C=O) groups is 1. The smallest absolute Gasteiger partial charge is 0.306 e. The summed E-state index contributed by atoms with van der Waals surface area (Å²) in [7, 11) is 0. The molecule has 1 aromatic carbocycles. The molecular weight excluding hydrogens is 175 g/mol. The number of aliphatic hydroxyl groups is 1. The SMILES string of the molecule is O=C(O)C[C@H](O)c1ccccc1F. The van der Waals surface area contributed by atoms with E-state index in [9.17, 15) is 14.3 Å². The molecule has 0 unspecified atom stereocenters. The van der Waals surface area contributed by atoms with Crippen molar-refractivity contribution < 1.29 is 19.4 Å². The van der Waals surface area contributed by atoms with E-state index in [4.69, 9.17) is 5.11 Å². The Morgan fingerprint density at radius 3 is 2.62 bits per heavy atom. The van der Waals surface area contributed by atoms with Gasteiger partial charge >= 0.3 is 5.97 Å². The summed E-state index contributed by atoms with van der Waals surface area (Å²) in [6.45, 7) is 0. The molecule has 1 rings (SSSR count). The van der Waals surface area contributed by atoms with Gasteiger partial charge in [0.15, 0.2) is 0 Å². The van der Waals surface area contributed by atoms with Gasteiger partial charge in [0.05, 0.1) is 12.5 Å². The second-order valence-corrected chi connectivity index (χ2v) is 2.64. The molecule has 2 N–H and O–H groups in total. The monoisotopic (exact) mass is 184 g/mol. The maximum Gasteiger partial charge on any atom is 0.306 e. The van der Waals surface area contributed by atoms with Crippen LogP contribution in [-0.2, 0) is 4.79 Å². The number of rotatable bonds is 3. The molecule has 0 amide bonds. The highest BCUT2D eigenvalue weighted by molar-refractivity contribution is 5.67. The van der Waals surface area contributed by atoms with Gasteiger partial charge < -0.3 is 10.2 Å². The molecule has 0 aliphatic heterocycles. The van der Waals surface area contributed by atoms with E-state index in [1.165, 1.54) is 18.2 Å². The number of hydrogen-bond acceptors (Lipinski definition) is 2. The third-order valence-electron chi connectivity index (χ3n) is 1.63. The molecule has 0 saturated heterocycles. The normalized spacial score (nSPS) is 12.5. The van der Waals surface area contributed by atoms with Crippen molar-refractivity contribution in [2.24, 2.45) is 0 Å². The largest absolute Gasteiger partial charge is 0.481 e. The average Bonchev–Trinajstić information content (AvgIpc) is 2.03. The lowest BCUT2D eigenvalue weighted by Crippen LogP contribution is -2.06. The van der Waals surface area contributed by atoms with E-state index >= 15 is 0 Å². The summed E-state index contributed by atoms with van der Waals surface area (Å²) in [6.07, 6.45) is -1.76. The highest BCUT2D eigenvalue weighted by Gasteiger charge is 2.14. The quantitative estimate of drug-likeness (QED) is 0.745. The first-order valence-corrected chi connectivity index (χ1v) is 3.75. The van der Waals surface area contributed by atoms with Crippen LogP contribution in [0.2, 0.25) is 0 Å². The molecule has 0 bridgehead atoms. The van der Waals surface area contributed by atoms with Gasteiger partial charge in [0.1, 0.15) is 5.82 Å². The van der Waals surface area contributed by atoms with Gasteiger partial charge in [-0.25, -0.2) is 4.39 Å². The van der Waals surface area contributed by atoms with E-state index in [0.717, 1.165) is 0 Å². The Labute approximate surface area is 74.4 Å². The Balaban J connectivity index is 2.82. The van der Waals surface area contributed by atoms with Crippen molar-refractivity contribution in [2.75, 3.05) is 0 Å². The Bertz CT molecular complexity index is 311. The molecule has 0 fully saturated rings. The molecule has 0 aliphatic carbocycles. The van der Waals surface area contributed by atoms with Crippen LogP contribution in [0.5, 0.6) is 0 Å². The van der Waals surface area contributed by atoms with Crippen LogP contribution in [0.4, 0.5) is 4.39 Å². The van der Waals surface area contributed by atoms with Crippen LogP contribution in [0.15, 0.2) is 24.3 Å². The minimum Gasteiger partial charge on any atom is -0.481 e. The van der Waals surface area contributed by atoms with Gasteiger partial charge in [-0.05, 0) is 6.07 Å². The third-order valence-corrected chi connectivity index (χ3v) is 1.63. The van der Waals surface area contributed by atoms with Gasteiger partial charge in [0.2, 0.25) is 0 Å². The Morgan fingerprint density at radius 1 is 1.46 bits per heavy atom. The molecule has 1 aromatic rings. The van der Waals surface area contributed by atoms with Crippen LogP contribution in [0.1, 0.15) is 18.1 Å². The van der Waals surface area contributed by atoms with E-state index in [0.29, 0.717) is 0 Å². The molecule has 0 heterocycles. The van der Waals surface area contributed by atoms with Crippen molar-refractivity contribution in [1.29, 1.82) is 0 Å². The van der Waals surface area contributed by atoms with Gasteiger partial charge in [0, 0.05) is 5.56 Å². The highest BCUT2D eigenvalue weighted by Crippen LogP contribution is 2.19. The summed E-state index contributed by atoms with van der Waals surface area (Å²) in [5.74, 6) is -1.74. The van der Waals surface area contributed by atoms with E-state index in [1.807, 2.05) is 0 Å². The Hall–Kier alpha value is -1.42. The maximum atomic E-state index is 12.9. The second-order valence-electron chi connectivity index (χ2n) is 2.64. The molecule has 0 aromatic heterocycles. The molecular formula is C9H9FO3. The van der Waals surface area contributed by atoms with Crippen LogP contribution in [0.25, 0.3) is 0 Å². The van der Waals surface area contributed by atoms with Crippen molar-refractivity contribution in [3.05, 3.63) is 35.6 Å². The molecule has 4 heteroatoms. The summed E-state index contributed by atoms with van der Waals surface area (Å²) >= 11 is 0. The van der Waals surface area contributed by atoms with Gasteiger partial charge in [-0.2, -0.15) is 0 Å². The number of aliphatic hydroxyl groups excluding tert-OH is 1. The number of halogens is 1. The van der Waals surface area contributed by atoms with Crippen molar-refractivity contribution in [3.8, 4) is 0 Å². The minimum absolute atomic E-state index is 0.0184. The zero-order chi connectivity index (χ0) is 9.84. The summed E-state index contributed by atoms with van der Waals surface area (Å²) in [4.78, 5) is 10.2. The number of hydrogen-bond donors (Lipinski definition) is 2. The summed E-state index contributed by atoms with van der Waals surface area (Å²) in [5.41, 5.74) is 0.0184. The third kappa shape index (κ3) is 2.52. The lowest BCUT2D eigenvalue weighted by Gasteiger charge is -2.08. The fourth-order valence-electron chi connectivity index (χ4n) is 1.02. The predicted molar refractivity (Wildman–Crippen MR) is 43.6 cm³/mol. The number of carboxylic acids is 1. The molecule has 70 valence electrons. The molecule has 0 aliphatic rings. The van der Waals surface area contributed by atoms with E-state index < -0.39 is 24.3 Å². The first-order chi connectivity index (χ1) is 6.11. The summed E-state index contributed by atoms with van der Waals surface area (Å²) < 4.78 is 12.9. The molecule has 0 radical (unpaired) electrons. The van der Waals surface area contributed by atoms with E-state index in [-0.39, 0.29) is 5.56 Å². The van der Waals surface area contributed by atoms with Crippen LogP contribution < -0.4 is 0 Å². The van der Waals surface area contributed by atoms with Crippen LogP contribution in [-0.4, -0.2) is 16.2 Å². The predicted octanol–water partition coefficient (Wildman–Crippen LogP) is 1.33. The standard InChI is InChI=1S/C9H9FO3/c10-7-4-2-1-3-6(7)8(11)5-9(12)13/h1-4,8,11H,5H2,(H,12,13)/t8-/m0/s1. The summed E-state index contributed by atoms with van der Waals surface area (Å²) in [6, 6.07) is 5.57. The maximum absolute atomic E-state index is 12.9. The van der Waals surface area contributed by atoms with Crippen LogP contribution in [0, 0.1) is 5.82 Å². The number of carboxylic acid groups (broad SMARTS) is 1. The average molecular weight is 184 g/mol. The summed E-state index contributed by atoms with van der Waals surface area (Å²) in [5, 5.41) is 17.6. The van der Waals surface area contributed by atoms with Crippen LogP contribution in [0.3, 0.4) is 0 Å². The van der Waals surface area contributed by atoms with Crippen molar-refractivity contribution in [2.45, 2.75) is 12.5 Å². The van der Waals surface area contributed by atoms with E-state index in [1.54, 1.807) is 6.07 Å². The molecule has 3 nitrogen and oxygen atoms in total.